The zero-order valence-corrected chi connectivity index (χ0v) is 10.9. The van der Waals surface area contributed by atoms with Crippen LogP contribution in [0.2, 0.25) is 0 Å². The summed E-state index contributed by atoms with van der Waals surface area (Å²) < 4.78 is 42.6. The van der Waals surface area contributed by atoms with Crippen LogP contribution in [0.3, 0.4) is 0 Å². The molecule has 1 aromatic carbocycles. The van der Waals surface area contributed by atoms with Gasteiger partial charge in [0.2, 0.25) is 0 Å². The number of ether oxygens (including phenoxy) is 1. The summed E-state index contributed by atoms with van der Waals surface area (Å²) in [6, 6.07) is 5.08. The Kier molecular flexibility index (Phi) is 3.65. The lowest BCUT2D eigenvalue weighted by Crippen LogP contribution is -2.08. The van der Waals surface area contributed by atoms with Crippen molar-refractivity contribution in [2.45, 2.75) is 19.5 Å². The lowest BCUT2D eigenvalue weighted by atomic mass is 10.1. The summed E-state index contributed by atoms with van der Waals surface area (Å²) >= 11 is 0. The molecule has 0 atom stereocenters. The minimum absolute atomic E-state index is 0.0659. The van der Waals surface area contributed by atoms with E-state index < -0.39 is 17.7 Å². The van der Waals surface area contributed by atoms with Gasteiger partial charge in [0.05, 0.1) is 30.3 Å². The van der Waals surface area contributed by atoms with Crippen molar-refractivity contribution in [1.29, 1.82) is 0 Å². The van der Waals surface area contributed by atoms with Crippen molar-refractivity contribution in [3.8, 4) is 0 Å². The van der Waals surface area contributed by atoms with Crippen molar-refractivity contribution in [1.82, 2.24) is 4.98 Å². The summed E-state index contributed by atoms with van der Waals surface area (Å²) in [6.45, 7) is 1.76. The molecule has 20 heavy (non-hydrogen) atoms. The number of halogens is 3. The van der Waals surface area contributed by atoms with Crippen LogP contribution in [0.5, 0.6) is 0 Å². The third-order valence-electron chi connectivity index (χ3n) is 2.95. The Labute approximate surface area is 113 Å². The van der Waals surface area contributed by atoms with Gasteiger partial charge in [-0.05, 0) is 30.7 Å². The number of hydrogen-bond acceptors (Lipinski definition) is 3. The number of rotatable bonds is 2. The molecule has 0 saturated heterocycles. The molecule has 0 amide bonds. The van der Waals surface area contributed by atoms with E-state index in [4.69, 9.17) is 0 Å². The van der Waals surface area contributed by atoms with Gasteiger partial charge in [0.1, 0.15) is 0 Å². The first kappa shape index (κ1) is 14.3. The number of nitrogens with zero attached hydrogens (tertiary/aromatic N) is 1. The van der Waals surface area contributed by atoms with Crippen LogP contribution in [0.4, 0.5) is 13.2 Å². The summed E-state index contributed by atoms with van der Waals surface area (Å²) in [5, 5.41) is 0.631. The standard InChI is InChI=1S/C14H12F3NO2/c1-8-5-10(7-13(19)20-2)18-12-6-9(14(15,16)17)3-4-11(8)12/h3-6H,7H2,1-2H3. The van der Waals surface area contributed by atoms with Gasteiger partial charge >= 0.3 is 12.1 Å². The number of aromatic nitrogens is 1. The fourth-order valence-electron chi connectivity index (χ4n) is 1.96. The SMILES string of the molecule is COC(=O)Cc1cc(C)c2ccc(C(F)(F)F)cc2n1. The monoisotopic (exact) mass is 283 g/mol. The van der Waals surface area contributed by atoms with Crippen LogP contribution in [-0.4, -0.2) is 18.1 Å². The zero-order valence-electron chi connectivity index (χ0n) is 10.9. The second kappa shape index (κ2) is 5.11. The number of pyridine rings is 1. The summed E-state index contributed by atoms with van der Waals surface area (Å²) in [7, 11) is 1.25. The van der Waals surface area contributed by atoms with Crippen molar-refractivity contribution in [3.63, 3.8) is 0 Å². The normalized spacial score (nSPS) is 11.7. The van der Waals surface area contributed by atoms with Gasteiger partial charge < -0.3 is 4.74 Å². The third-order valence-corrected chi connectivity index (χ3v) is 2.95. The molecule has 0 spiro atoms. The van der Waals surface area contributed by atoms with E-state index in [2.05, 4.69) is 9.72 Å². The van der Waals surface area contributed by atoms with Crippen molar-refractivity contribution in [2.24, 2.45) is 0 Å². The summed E-state index contributed by atoms with van der Waals surface area (Å²) in [6.07, 6.45) is -4.48. The highest BCUT2D eigenvalue weighted by molar-refractivity contribution is 5.83. The van der Waals surface area contributed by atoms with Gasteiger partial charge in [-0.25, -0.2) is 0 Å². The van der Waals surface area contributed by atoms with E-state index in [-0.39, 0.29) is 11.9 Å². The number of benzene rings is 1. The molecule has 0 saturated carbocycles. The lowest BCUT2D eigenvalue weighted by molar-refractivity contribution is -0.140. The molecule has 0 unspecified atom stereocenters. The van der Waals surface area contributed by atoms with Gasteiger partial charge in [0, 0.05) is 5.39 Å². The molecule has 0 radical (unpaired) electrons. The third kappa shape index (κ3) is 2.89. The fraction of sp³-hybridized carbons (Fsp3) is 0.286. The predicted octanol–water partition coefficient (Wildman–Crippen LogP) is 3.28. The molecule has 1 aromatic heterocycles. The number of alkyl halides is 3. The van der Waals surface area contributed by atoms with E-state index in [0.717, 1.165) is 17.7 Å². The second-order valence-corrected chi connectivity index (χ2v) is 4.41. The average Bonchev–Trinajstić information content (AvgIpc) is 2.36. The maximum Gasteiger partial charge on any atom is 0.416 e. The van der Waals surface area contributed by atoms with E-state index in [1.54, 1.807) is 13.0 Å². The number of carbonyl (C=O) groups is 1. The minimum Gasteiger partial charge on any atom is -0.469 e. The zero-order chi connectivity index (χ0) is 14.9. The molecule has 0 aliphatic carbocycles. The summed E-state index contributed by atoms with van der Waals surface area (Å²) in [5.74, 6) is -0.483. The number of carbonyl (C=O) groups excluding carboxylic acids is 1. The first-order valence-corrected chi connectivity index (χ1v) is 5.85. The van der Waals surface area contributed by atoms with Gasteiger partial charge in [-0.1, -0.05) is 6.07 Å². The van der Waals surface area contributed by atoms with Gasteiger partial charge in [0.25, 0.3) is 0 Å². The Hall–Kier alpha value is -2.11. The topological polar surface area (TPSA) is 39.2 Å². The Morgan fingerprint density at radius 2 is 2.00 bits per heavy atom. The molecule has 0 bridgehead atoms. The number of esters is 1. The molecule has 106 valence electrons. The second-order valence-electron chi connectivity index (χ2n) is 4.41. The van der Waals surface area contributed by atoms with Crippen LogP contribution in [0.15, 0.2) is 24.3 Å². The van der Waals surface area contributed by atoms with E-state index >= 15 is 0 Å². The Morgan fingerprint density at radius 3 is 2.60 bits per heavy atom. The van der Waals surface area contributed by atoms with Gasteiger partial charge in [-0.2, -0.15) is 13.2 Å². The highest BCUT2D eigenvalue weighted by atomic mass is 19.4. The molecular formula is C14H12F3NO2. The van der Waals surface area contributed by atoms with Crippen molar-refractivity contribution < 1.29 is 22.7 Å². The van der Waals surface area contributed by atoms with E-state index in [1.807, 2.05) is 0 Å². The van der Waals surface area contributed by atoms with E-state index in [9.17, 15) is 18.0 Å². The average molecular weight is 283 g/mol. The Balaban J connectivity index is 2.53. The first-order valence-electron chi connectivity index (χ1n) is 5.85. The fourth-order valence-corrected chi connectivity index (χ4v) is 1.96. The smallest absolute Gasteiger partial charge is 0.416 e. The Bertz CT molecular complexity index is 665. The summed E-state index contributed by atoms with van der Waals surface area (Å²) in [5.41, 5.74) is 0.620. The van der Waals surface area contributed by atoms with Crippen molar-refractivity contribution >= 4 is 16.9 Å². The van der Waals surface area contributed by atoms with Crippen LogP contribution in [0.1, 0.15) is 16.8 Å². The highest BCUT2D eigenvalue weighted by Gasteiger charge is 2.30. The molecular weight excluding hydrogens is 271 g/mol. The van der Waals surface area contributed by atoms with Crippen molar-refractivity contribution in [3.05, 3.63) is 41.1 Å². The first-order chi connectivity index (χ1) is 9.31. The van der Waals surface area contributed by atoms with Crippen LogP contribution in [0.25, 0.3) is 10.9 Å². The quantitative estimate of drug-likeness (QED) is 0.794. The highest BCUT2D eigenvalue weighted by Crippen LogP contribution is 2.31. The van der Waals surface area contributed by atoms with Crippen LogP contribution in [-0.2, 0) is 22.1 Å². The predicted molar refractivity (Wildman–Crippen MR) is 67.2 cm³/mol. The number of aryl methyl sites for hydroxylation is 1. The molecule has 2 rings (SSSR count). The van der Waals surface area contributed by atoms with E-state index in [0.29, 0.717) is 11.1 Å². The molecule has 0 fully saturated rings. The van der Waals surface area contributed by atoms with Crippen molar-refractivity contribution in [2.75, 3.05) is 7.11 Å². The molecule has 2 aromatic rings. The molecule has 3 nitrogen and oxygen atoms in total. The van der Waals surface area contributed by atoms with Crippen LogP contribution >= 0.6 is 0 Å². The van der Waals surface area contributed by atoms with Crippen LogP contribution in [0, 0.1) is 6.92 Å². The molecule has 0 N–H and O–H groups in total. The van der Waals surface area contributed by atoms with Crippen LogP contribution < -0.4 is 0 Å². The number of hydrogen-bond donors (Lipinski definition) is 0. The maximum atomic E-state index is 12.7. The molecule has 0 aliphatic rings. The molecule has 1 heterocycles. The summed E-state index contributed by atoms with van der Waals surface area (Å²) in [4.78, 5) is 15.3. The van der Waals surface area contributed by atoms with Gasteiger partial charge in [-0.3, -0.25) is 9.78 Å². The number of methoxy groups -OCH3 is 1. The largest absolute Gasteiger partial charge is 0.469 e. The molecule has 6 heteroatoms. The Morgan fingerprint density at radius 1 is 1.30 bits per heavy atom. The molecule has 0 aliphatic heterocycles. The van der Waals surface area contributed by atoms with E-state index in [1.165, 1.54) is 13.2 Å². The minimum atomic E-state index is -4.41. The van der Waals surface area contributed by atoms with Gasteiger partial charge in [0.15, 0.2) is 0 Å². The maximum absolute atomic E-state index is 12.7. The number of fused-ring (bicyclic) bond motifs is 1. The lowest BCUT2D eigenvalue weighted by Gasteiger charge is -2.10. The van der Waals surface area contributed by atoms with Gasteiger partial charge in [-0.15, -0.1) is 0 Å².